The summed E-state index contributed by atoms with van der Waals surface area (Å²) in [6.07, 6.45) is -4.47. The van der Waals surface area contributed by atoms with Gasteiger partial charge in [-0.15, -0.1) is 0 Å². The first kappa shape index (κ1) is 17.0. The number of hydrogen-bond acceptors (Lipinski definition) is 5. The molecule has 0 atom stereocenters. The van der Waals surface area contributed by atoms with E-state index in [0.29, 0.717) is 29.9 Å². The predicted octanol–water partition coefficient (Wildman–Crippen LogP) is 3.39. The lowest BCUT2D eigenvalue weighted by atomic mass is 10.1. The van der Waals surface area contributed by atoms with E-state index in [2.05, 4.69) is 15.3 Å². The number of hydrogen-bond donors (Lipinski definition) is 3. The Bertz CT molecular complexity index is 912. The van der Waals surface area contributed by atoms with Crippen molar-refractivity contribution in [1.82, 2.24) is 9.97 Å². The van der Waals surface area contributed by atoms with Crippen LogP contribution in [0.5, 0.6) is 5.75 Å². The molecule has 1 aromatic heterocycles. The average molecular weight is 348 g/mol. The summed E-state index contributed by atoms with van der Waals surface area (Å²) in [5.41, 5.74) is 5.14. The monoisotopic (exact) mass is 348 g/mol. The van der Waals surface area contributed by atoms with E-state index in [9.17, 15) is 18.3 Å². The molecule has 0 spiro atoms. The fraction of sp³-hybridized carbons (Fsp3) is 0.176. The second-order valence-corrected chi connectivity index (χ2v) is 5.36. The number of nitrogens with zero attached hydrogens (tertiary/aromatic N) is 2. The molecule has 0 fully saturated rings. The van der Waals surface area contributed by atoms with Crippen LogP contribution in [0.25, 0.3) is 22.3 Å². The van der Waals surface area contributed by atoms with Gasteiger partial charge in [-0.3, -0.25) is 0 Å². The summed E-state index contributed by atoms with van der Waals surface area (Å²) in [5.74, 6) is 0.436. The van der Waals surface area contributed by atoms with Crippen LogP contribution in [0.1, 0.15) is 5.56 Å². The van der Waals surface area contributed by atoms with Crippen LogP contribution in [-0.4, -0.2) is 28.2 Å². The molecule has 25 heavy (non-hydrogen) atoms. The van der Waals surface area contributed by atoms with Gasteiger partial charge in [-0.05, 0) is 30.3 Å². The van der Waals surface area contributed by atoms with Gasteiger partial charge in [-0.1, -0.05) is 12.1 Å². The lowest BCUT2D eigenvalue weighted by Gasteiger charge is -2.13. The van der Waals surface area contributed by atoms with E-state index in [-0.39, 0.29) is 17.1 Å². The van der Waals surface area contributed by atoms with Crippen LogP contribution in [0.15, 0.2) is 42.5 Å². The topological polar surface area (TPSA) is 84.1 Å². The Kier molecular flexibility index (Phi) is 4.45. The summed E-state index contributed by atoms with van der Waals surface area (Å²) in [5, 5.41) is 13.4. The standard InChI is InChI=1S/C17H15F3N4O/c18-17(19,20)10-5-6-11-13(9-10)23-16(24-15(11)22-8-7-21)12-3-1-2-4-14(12)25/h1-6,9,25H,7-8,21H2,(H,22,23,24). The summed E-state index contributed by atoms with van der Waals surface area (Å²) >= 11 is 0. The minimum Gasteiger partial charge on any atom is -0.507 e. The van der Waals surface area contributed by atoms with E-state index < -0.39 is 11.7 Å². The van der Waals surface area contributed by atoms with Gasteiger partial charge in [0.15, 0.2) is 5.82 Å². The summed E-state index contributed by atoms with van der Waals surface area (Å²) < 4.78 is 39.0. The first-order valence-corrected chi connectivity index (χ1v) is 7.51. The maximum absolute atomic E-state index is 13.0. The Morgan fingerprint density at radius 1 is 1.08 bits per heavy atom. The number of benzene rings is 2. The third-order valence-corrected chi connectivity index (χ3v) is 3.61. The molecule has 0 bridgehead atoms. The van der Waals surface area contributed by atoms with Crippen LogP contribution < -0.4 is 11.1 Å². The molecular formula is C17H15F3N4O. The third kappa shape index (κ3) is 3.48. The zero-order valence-electron chi connectivity index (χ0n) is 13.0. The van der Waals surface area contributed by atoms with E-state index in [4.69, 9.17) is 5.73 Å². The SMILES string of the molecule is NCCNc1nc(-c2ccccc2O)nc2cc(C(F)(F)F)ccc12. The Morgan fingerprint density at radius 3 is 2.52 bits per heavy atom. The maximum Gasteiger partial charge on any atom is 0.416 e. The lowest BCUT2D eigenvalue weighted by Crippen LogP contribution is -2.15. The van der Waals surface area contributed by atoms with E-state index in [1.165, 1.54) is 12.1 Å². The number of phenolic OH excluding ortho intramolecular Hbond substituents is 1. The molecule has 8 heteroatoms. The number of phenols is 1. The number of aromatic nitrogens is 2. The van der Waals surface area contributed by atoms with Crippen LogP contribution in [-0.2, 0) is 6.18 Å². The van der Waals surface area contributed by atoms with E-state index in [1.54, 1.807) is 18.2 Å². The smallest absolute Gasteiger partial charge is 0.416 e. The summed E-state index contributed by atoms with van der Waals surface area (Å²) in [7, 11) is 0. The first-order valence-electron chi connectivity index (χ1n) is 7.51. The molecule has 2 aromatic carbocycles. The van der Waals surface area contributed by atoms with Crippen LogP contribution in [0.2, 0.25) is 0 Å². The summed E-state index contributed by atoms with van der Waals surface area (Å²) in [4.78, 5) is 8.55. The first-order chi connectivity index (χ1) is 11.9. The third-order valence-electron chi connectivity index (χ3n) is 3.61. The van der Waals surface area contributed by atoms with Crippen molar-refractivity contribution in [3.63, 3.8) is 0 Å². The molecule has 0 saturated heterocycles. The molecule has 0 aliphatic rings. The van der Waals surface area contributed by atoms with Crippen LogP contribution in [0.3, 0.4) is 0 Å². The zero-order chi connectivity index (χ0) is 18.0. The van der Waals surface area contributed by atoms with Gasteiger partial charge in [0.05, 0.1) is 16.6 Å². The number of para-hydroxylation sites is 1. The molecule has 5 nitrogen and oxygen atoms in total. The Morgan fingerprint density at radius 2 is 1.84 bits per heavy atom. The van der Waals surface area contributed by atoms with Gasteiger partial charge in [-0.25, -0.2) is 9.97 Å². The minimum absolute atomic E-state index is 0.0569. The van der Waals surface area contributed by atoms with Crippen LogP contribution in [0.4, 0.5) is 19.0 Å². The summed E-state index contributed by atoms with van der Waals surface area (Å²) in [6, 6.07) is 9.65. The molecule has 0 saturated carbocycles. The molecule has 0 aliphatic carbocycles. The number of aromatic hydroxyl groups is 1. The number of nitrogens with two attached hydrogens (primary N) is 1. The molecule has 0 radical (unpaired) electrons. The second-order valence-electron chi connectivity index (χ2n) is 5.36. The summed E-state index contributed by atoms with van der Waals surface area (Å²) in [6.45, 7) is 0.728. The molecule has 3 rings (SSSR count). The van der Waals surface area contributed by atoms with Crippen LogP contribution in [0, 0.1) is 0 Å². The van der Waals surface area contributed by atoms with Gasteiger partial charge in [0.2, 0.25) is 0 Å². The average Bonchev–Trinajstić information content (AvgIpc) is 2.58. The molecular weight excluding hydrogens is 333 g/mol. The van der Waals surface area contributed by atoms with Crippen molar-refractivity contribution >= 4 is 16.7 Å². The van der Waals surface area contributed by atoms with Crippen molar-refractivity contribution in [2.75, 3.05) is 18.4 Å². The van der Waals surface area contributed by atoms with Crippen molar-refractivity contribution in [1.29, 1.82) is 0 Å². The molecule has 4 N–H and O–H groups in total. The maximum atomic E-state index is 13.0. The van der Waals surface area contributed by atoms with Crippen LogP contribution >= 0.6 is 0 Å². The highest BCUT2D eigenvalue weighted by Gasteiger charge is 2.31. The molecule has 0 unspecified atom stereocenters. The van der Waals surface area contributed by atoms with Crippen molar-refractivity contribution in [2.45, 2.75) is 6.18 Å². The normalized spacial score (nSPS) is 11.7. The Hall–Kier alpha value is -2.87. The lowest BCUT2D eigenvalue weighted by molar-refractivity contribution is -0.137. The predicted molar refractivity (Wildman–Crippen MR) is 89.2 cm³/mol. The number of fused-ring (bicyclic) bond motifs is 1. The second kappa shape index (κ2) is 6.56. The van der Waals surface area contributed by atoms with E-state index in [0.717, 1.165) is 12.1 Å². The quantitative estimate of drug-likeness (QED) is 0.673. The highest BCUT2D eigenvalue weighted by atomic mass is 19.4. The van der Waals surface area contributed by atoms with Gasteiger partial charge in [-0.2, -0.15) is 13.2 Å². The number of rotatable bonds is 4. The van der Waals surface area contributed by atoms with Crippen molar-refractivity contribution in [2.24, 2.45) is 5.73 Å². The van der Waals surface area contributed by atoms with Gasteiger partial charge in [0.25, 0.3) is 0 Å². The number of anilines is 1. The van der Waals surface area contributed by atoms with Gasteiger partial charge in [0.1, 0.15) is 11.6 Å². The Labute approximate surface area is 141 Å². The number of nitrogens with one attached hydrogen (secondary N) is 1. The number of halogens is 3. The largest absolute Gasteiger partial charge is 0.507 e. The van der Waals surface area contributed by atoms with Crippen molar-refractivity contribution in [3.8, 4) is 17.1 Å². The van der Waals surface area contributed by atoms with Gasteiger partial charge in [0, 0.05) is 18.5 Å². The highest BCUT2D eigenvalue weighted by molar-refractivity contribution is 5.91. The molecule has 1 heterocycles. The fourth-order valence-corrected chi connectivity index (χ4v) is 2.41. The molecule has 130 valence electrons. The van der Waals surface area contributed by atoms with Crippen molar-refractivity contribution in [3.05, 3.63) is 48.0 Å². The molecule has 3 aromatic rings. The fourth-order valence-electron chi connectivity index (χ4n) is 2.41. The van der Waals surface area contributed by atoms with Crippen molar-refractivity contribution < 1.29 is 18.3 Å². The van der Waals surface area contributed by atoms with E-state index in [1.807, 2.05) is 0 Å². The highest BCUT2D eigenvalue weighted by Crippen LogP contribution is 2.34. The minimum atomic E-state index is -4.47. The Balaban J connectivity index is 2.22. The number of alkyl halides is 3. The van der Waals surface area contributed by atoms with Gasteiger partial charge >= 0.3 is 6.18 Å². The van der Waals surface area contributed by atoms with E-state index >= 15 is 0 Å². The molecule has 0 amide bonds. The zero-order valence-corrected chi connectivity index (χ0v) is 13.0. The van der Waals surface area contributed by atoms with Gasteiger partial charge < -0.3 is 16.2 Å². The molecule has 0 aliphatic heterocycles.